The number of carbonyl (C=O) groups is 3. The minimum absolute atomic E-state index is 0.0825. The summed E-state index contributed by atoms with van der Waals surface area (Å²) in [5.41, 5.74) is -2.73. The van der Waals surface area contributed by atoms with Crippen molar-refractivity contribution in [3.63, 3.8) is 0 Å². The van der Waals surface area contributed by atoms with Crippen LogP contribution in [0.1, 0.15) is 75.5 Å². The number of aromatic hydroxyl groups is 1. The van der Waals surface area contributed by atoms with Gasteiger partial charge in [0, 0.05) is 29.4 Å². The molecule has 0 aliphatic heterocycles. The lowest BCUT2D eigenvalue weighted by Crippen LogP contribution is -2.63. The molecule has 0 heterocycles. The first-order valence-corrected chi connectivity index (χ1v) is 12.1. The summed E-state index contributed by atoms with van der Waals surface area (Å²) in [4.78, 5) is 38.3. The molecule has 0 radical (unpaired) electrons. The molecule has 4 aliphatic carbocycles. The van der Waals surface area contributed by atoms with Crippen molar-refractivity contribution in [3.8, 4) is 5.75 Å². The molecule has 8 nitrogen and oxygen atoms in total. The van der Waals surface area contributed by atoms with E-state index in [-0.39, 0.29) is 22.3 Å². The number of carbonyl (C=O) groups excluding carboxylic acids is 3. The van der Waals surface area contributed by atoms with E-state index in [0.29, 0.717) is 11.1 Å². The predicted molar refractivity (Wildman–Crippen MR) is 125 cm³/mol. The SMILES string of the molecule is CC(=O)C1=C(O)[C@@]2(O)C(=O)C3=C(O)c4c(ccc(C5(C)CCCC5)c4O)[C@@H](C)[C@H]3[C@H](O)[C@H]2CC1=O. The minimum atomic E-state index is -2.74. The number of rotatable bonds is 2. The number of hydrogen-bond donors (Lipinski definition) is 5. The highest BCUT2D eigenvalue weighted by atomic mass is 16.4. The van der Waals surface area contributed by atoms with Crippen molar-refractivity contribution in [2.75, 3.05) is 0 Å². The molecule has 2 saturated carbocycles. The van der Waals surface area contributed by atoms with Gasteiger partial charge in [0.1, 0.15) is 22.8 Å². The van der Waals surface area contributed by atoms with Crippen LogP contribution in [0, 0.1) is 11.8 Å². The first kappa shape index (κ1) is 23.8. The molecule has 2 fully saturated rings. The van der Waals surface area contributed by atoms with Crippen LogP contribution in [0.3, 0.4) is 0 Å². The third-order valence-electron chi connectivity index (χ3n) is 8.96. The summed E-state index contributed by atoms with van der Waals surface area (Å²) in [7, 11) is 0. The van der Waals surface area contributed by atoms with Crippen LogP contribution in [0.4, 0.5) is 0 Å². The maximum atomic E-state index is 13.8. The average molecular weight is 483 g/mol. The van der Waals surface area contributed by atoms with Crippen molar-refractivity contribution in [1.29, 1.82) is 0 Å². The first-order chi connectivity index (χ1) is 16.4. The van der Waals surface area contributed by atoms with Crippen LogP contribution < -0.4 is 0 Å². The third-order valence-corrected chi connectivity index (χ3v) is 8.96. The number of hydrogen-bond acceptors (Lipinski definition) is 8. The standard InChI is InChI=1S/C27H30O8/c1-11-13-6-7-14(26(3)8-4-5-9-26)21(30)19(13)23(32)20-17(11)22(31)15-10-16(29)18(12(2)28)24(33)27(15,35)25(20)34/h6-7,11,15,17,22,30-33,35H,4-5,8-10H2,1-3H3/t11-,15-,17-,22-,27-/m1/s1. The van der Waals surface area contributed by atoms with Gasteiger partial charge in [0.15, 0.2) is 17.2 Å². The fourth-order valence-electron chi connectivity index (χ4n) is 7.02. The van der Waals surface area contributed by atoms with E-state index in [1.807, 2.05) is 6.07 Å². The highest BCUT2D eigenvalue weighted by Gasteiger charge is 2.64. The number of allylic oxidation sites excluding steroid dienone is 1. The highest BCUT2D eigenvalue weighted by Crippen LogP contribution is 2.57. The van der Waals surface area contributed by atoms with Crippen LogP contribution in [-0.4, -0.2) is 54.6 Å². The molecule has 8 heteroatoms. The maximum absolute atomic E-state index is 13.8. The van der Waals surface area contributed by atoms with Crippen LogP contribution in [0.5, 0.6) is 5.75 Å². The highest BCUT2D eigenvalue weighted by molar-refractivity contribution is 6.23. The molecule has 1 aromatic carbocycles. The Kier molecular flexibility index (Phi) is 5.10. The molecule has 5 N–H and O–H groups in total. The lowest BCUT2D eigenvalue weighted by molar-refractivity contribution is -0.160. The maximum Gasteiger partial charge on any atom is 0.202 e. The smallest absolute Gasteiger partial charge is 0.202 e. The summed E-state index contributed by atoms with van der Waals surface area (Å²) in [6.07, 6.45) is 1.78. The van der Waals surface area contributed by atoms with Crippen molar-refractivity contribution < 1.29 is 39.9 Å². The van der Waals surface area contributed by atoms with E-state index in [4.69, 9.17) is 0 Å². The van der Waals surface area contributed by atoms with Crippen LogP contribution in [0.2, 0.25) is 0 Å². The van der Waals surface area contributed by atoms with Gasteiger partial charge in [-0.2, -0.15) is 0 Å². The van der Waals surface area contributed by atoms with E-state index in [9.17, 15) is 39.9 Å². The van der Waals surface area contributed by atoms with E-state index in [1.54, 1.807) is 13.0 Å². The number of fused-ring (bicyclic) bond motifs is 3. The second-order valence-corrected chi connectivity index (χ2v) is 10.9. The minimum Gasteiger partial charge on any atom is -0.508 e. The summed E-state index contributed by atoms with van der Waals surface area (Å²) in [6, 6.07) is 3.63. The van der Waals surface area contributed by atoms with E-state index < -0.39 is 70.3 Å². The van der Waals surface area contributed by atoms with Crippen LogP contribution in [-0.2, 0) is 19.8 Å². The molecular weight excluding hydrogens is 452 g/mol. The largest absolute Gasteiger partial charge is 0.508 e. The third kappa shape index (κ3) is 2.90. The zero-order valence-corrected chi connectivity index (χ0v) is 20.0. The van der Waals surface area contributed by atoms with E-state index in [0.717, 1.165) is 32.6 Å². The average Bonchev–Trinajstić information content (AvgIpc) is 3.23. The molecule has 35 heavy (non-hydrogen) atoms. The Morgan fingerprint density at radius 1 is 1.09 bits per heavy atom. The van der Waals surface area contributed by atoms with Crippen LogP contribution in [0.15, 0.2) is 29.0 Å². The van der Waals surface area contributed by atoms with Crippen molar-refractivity contribution >= 4 is 23.1 Å². The van der Waals surface area contributed by atoms with E-state index >= 15 is 0 Å². The summed E-state index contributed by atoms with van der Waals surface area (Å²) >= 11 is 0. The van der Waals surface area contributed by atoms with Gasteiger partial charge in [-0.25, -0.2) is 0 Å². The molecule has 0 aromatic heterocycles. The number of Topliss-reactive ketones (excluding diaryl/α,β-unsaturated/α-hetero) is 3. The zero-order chi connectivity index (χ0) is 25.6. The van der Waals surface area contributed by atoms with Crippen molar-refractivity contribution in [3.05, 3.63) is 45.7 Å². The van der Waals surface area contributed by atoms with E-state index in [1.165, 1.54) is 0 Å². The topological polar surface area (TPSA) is 152 Å². The summed E-state index contributed by atoms with van der Waals surface area (Å²) in [5, 5.41) is 56.2. The normalized spacial score (nSPS) is 34.0. The summed E-state index contributed by atoms with van der Waals surface area (Å²) < 4.78 is 0. The van der Waals surface area contributed by atoms with Gasteiger partial charge in [0.2, 0.25) is 5.78 Å². The molecule has 1 aromatic rings. The number of ketones is 3. The Morgan fingerprint density at radius 2 is 1.71 bits per heavy atom. The van der Waals surface area contributed by atoms with Gasteiger partial charge in [-0.05, 0) is 36.7 Å². The van der Waals surface area contributed by atoms with Gasteiger partial charge in [-0.3, -0.25) is 14.4 Å². The van der Waals surface area contributed by atoms with Gasteiger partial charge in [0.05, 0.1) is 11.7 Å². The van der Waals surface area contributed by atoms with Crippen LogP contribution >= 0.6 is 0 Å². The second-order valence-electron chi connectivity index (χ2n) is 10.9. The number of aliphatic hydroxyl groups excluding tert-OH is 3. The number of phenols is 1. The van der Waals surface area contributed by atoms with Gasteiger partial charge >= 0.3 is 0 Å². The van der Waals surface area contributed by atoms with Crippen molar-refractivity contribution in [2.45, 2.75) is 75.9 Å². The molecule has 4 aliphatic rings. The Bertz CT molecular complexity index is 1250. The van der Waals surface area contributed by atoms with Crippen molar-refractivity contribution in [2.24, 2.45) is 11.8 Å². The van der Waals surface area contributed by atoms with Crippen LogP contribution in [0.25, 0.3) is 5.76 Å². The monoisotopic (exact) mass is 482 g/mol. The molecule has 0 spiro atoms. The van der Waals surface area contributed by atoms with E-state index in [2.05, 4.69) is 6.92 Å². The quantitative estimate of drug-likeness (QED) is 0.404. The van der Waals surface area contributed by atoms with Gasteiger partial charge in [-0.15, -0.1) is 0 Å². The predicted octanol–water partition coefficient (Wildman–Crippen LogP) is 2.89. The van der Waals surface area contributed by atoms with Crippen molar-refractivity contribution in [1.82, 2.24) is 0 Å². The Balaban J connectivity index is 1.75. The lowest BCUT2D eigenvalue weighted by atomic mass is 9.55. The molecule has 5 atom stereocenters. The fourth-order valence-corrected chi connectivity index (χ4v) is 7.02. The first-order valence-electron chi connectivity index (χ1n) is 12.1. The number of benzene rings is 1. The fraction of sp³-hybridized carbons (Fsp3) is 0.519. The molecular formula is C27H30O8. The Morgan fingerprint density at radius 3 is 2.31 bits per heavy atom. The Hall–Kier alpha value is -2.97. The molecule has 0 unspecified atom stereocenters. The lowest BCUT2D eigenvalue weighted by Gasteiger charge is -2.50. The summed E-state index contributed by atoms with van der Waals surface area (Å²) in [5.74, 6) is -7.35. The second kappa shape index (κ2) is 7.51. The number of aliphatic hydroxyl groups is 4. The molecule has 186 valence electrons. The molecule has 5 rings (SSSR count). The van der Waals surface area contributed by atoms with Gasteiger partial charge in [-0.1, -0.05) is 38.8 Å². The molecule has 0 bridgehead atoms. The summed E-state index contributed by atoms with van der Waals surface area (Å²) in [6.45, 7) is 4.84. The van der Waals surface area contributed by atoms with Gasteiger partial charge in [0.25, 0.3) is 0 Å². The zero-order valence-electron chi connectivity index (χ0n) is 20.0. The van der Waals surface area contributed by atoms with Gasteiger partial charge < -0.3 is 25.5 Å². The molecule has 0 amide bonds. The number of phenolic OH excluding ortho intramolecular Hbond substituents is 1. The molecule has 0 saturated heterocycles. The Labute approximate surface area is 202 Å².